The van der Waals surface area contributed by atoms with Crippen molar-refractivity contribution in [2.24, 2.45) is 0 Å². The molecule has 0 fully saturated rings. The average molecular weight is 535 g/mol. The van der Waals surface area contributed by atoms with E-state index < -0.39 is 0 Å². The van der Waals surface area contributed by atoms with E-state index in [1.807, 2.05) is 49.4 Å². The maximum atomic E-state index is 6.10. The van der Waals surface area contributed by atoms with Gasteiger partial charge < -0.3 is 19.8 Å². The number of ether oxygens (including phenoxy) is 2. The van der Waals surface area contributed by atoms with Crippen molar-refractivity contribution < 1.29 is 9.47 Å². The Morgan fingerprint density at radius 3 is 2.56 bits per heavy atom. The standard InChI is InChI=1S/C24H22BrCl2N3O2/c1-2-31-22-10-16(12-28-13-24-29-20-5-3-4-6-21(20)30-24)17(25)11-23(22)32-14-15-7-8-18(26)19(27)9-15/h3-11,28H,2,12-14H2,1H3,(H,29,30). The smallest absolute Gasteiger partial charge is 0.162 e. The van der Waals surface area contributed by atoms with Crippen LogP contribution in [0.2, 0.25) is 10.0 Å². The molecule has 8 heteroatoms. The monoisotopic (exact) mass is 533 g/mol. The van der Waals surface area contributed by atoms with Crippen molar-refractivity contribution in [1.29, 1.82) is 0 Å². The molecule has 0 aliphatic rings. The molecule has 4 aromatic rings. The first-order chi connectivity index (χ1) is 15.5. The van der Waals surface area contributed by atoms with Crippen LogP contribution in [0.5, 0.6) is 11.5 Å². The summed E-state index contributed by atoms with van der Waals surface area (Å²) < 4.78 is 12.8. The van der Waals surface area contributed by atoms with Gasteiger partial charge in [-0.15, -0.1) is 0 Å². The number of para-hydroxylation sites is 2. The van der Waals surface area contributed by atoms with E-state index in [1.165, 1.54) is 0 Å². The zero-order valence-electron chi connectivity index (χ0n) is 17.4. The van der Waals surface area contributed by atoms with Crippen LogP contribution in [0.3, 0.4) is 0 Å². The Morgan fingerprint density at radius 2 is 1.78 bits per heavy atom. The fourth-order valence-electron chi connectivity index (χ4n) is 3.29. The molecule has 1 aromatic heterocycles. The molecule has 0 aliphatic heterocycles. The maximum absolute atomic E-state index is 6.10. The van der Waals surface area contributed by atoms with E-state index in [1.54, 1.807) is 12.1 Å². The second-order valence-electron chi connectivity index (χ2n) is 7.16. The van der Waals surface area contributed by atoms with Crippen LogP contribution in [0, 0.1) is 0 Å². The third-order valence-electron chi connectivity index (χ3n) is 4.84. The van der Waals surface area contributed by atoms with E-state index in [-0.39, 0.29) is 0 Å². The first-order valence-electron chi connectivity index (χ1n) is 10.2. The van der Waals surface area contributed by atoms with Gasteiger partial charge in [-0.25, -0.2) is 4.98 Å². The number of benzene rings is 3. The van der Waals surface area contributed by atoms with Crippen molar-refractivity contribution in [2.45, 2.75) is 26.6 Å². The quantitative estimate of drug-likeness (QED) is 0.245. The summed E-state index contributed by atoms with van der Waals surface area (Å²) >= 11 is 15.8. The van der Waals surface area contributed by atoms with E-state index in [4.69, 9.17) is 32.7 Å². The number of fused-ring (bicyclic) bond motifs is 1. The van der Waals surface area contributed by atoms with Crippen LogP contribution in [-0.4, -0.2) is 16.6 Å². The number of imidazole rings is 1. The SMILES string of the molecule is CCOc1cc(CNCc2nc3ccccc3[nH]2)c(Br)cc1OCc1ccc(Cl)c(Cl)c1. The normalized spacial score (nSPS) is 11.1. The van der Waals surface area contributed by atoms with Gasteiger partial charge in [0.25, 0.3) is 0 Å². The first-order valence-corrected chi connectivity index (χ1v) is 11.7. The van der Waals surface area contributed by atoms with Crippen LogP contribution in [0.1, 0.15) is 23.9 Å². The summed E-state index contributed by atoms with van der Waals surface area (Å²) in [4.78, 5) is 7.93. The van der Waals surface area contributed by atoms with Crippen LogP contribution >= 0.6 is 39.1 Å². The molecule has 0 aliphatic carbocycles. The molecule has 0 saturated carbocycles. The second kappa shape index (κ2) is 10.6. The number of nitrogens with one attached hydrogen (secondary N) is 2. The van der Waals surface area contributed by atoms with E-state index in [9.17, 15) is 0 Å². The summed E-state index contributed by atoms with van der Waals surface area (Å²) in [5, 5.41) is 4.46. The summed E-state index contributed by atoms with van der Waals surface area (Å²) in [6.45, 7) is 4.11. The summed E-state index contributed by atoms with van der Waals surface area (Å²) in [6.07, 6.45) is 0. The molecule has 5 nitrogen and oxygen atoms in total. The van der Waals surface area contributed by atoms with Crippen molar-refractivity contribution in [3.8, 4) is 11.5 Å². The second-order valence-corrected chi connectivity index (χ2v) is 8.83. The molecule has 0 saturated heterocycles. The molecule has 4 rings (SSSR count). The zero-order chi connectivity index (χ0) is 22.5. The van der Waals surface area contributed by atoms with Gasteiger partial charge in [-0.05, 0) is 54.4 Å². The fraction of sp³-hybridized carbons (Fsp3) is 0.208. The Balaban J connectivity index is 1.43. The summed E-state index contributed by atoms with van der Waals surface area (Å²) in [6, 6.07) is 17.4. The lowest BCUT2D eigenvalue weighted by molar-refractivity contribution is 0.269. The highest BCUT2D eigenvalue weighted by Crippen LogP contribution is 2.35. The molecule has 0 amide bonds. The number of hydrogen-bond acceptors (Lipinski definition) is 4. The molecule has 32 heavy (non-hydrogen) atoms. The summed E-state index contributed by atoms with van der Waals surface area (Å²) in [5.74, 6) is 2.25. The number of nitrogens with zero attached hydrogens (tertiary/aromatic N) is 1. The lowest BCUT2D eigenvalue weighted by atomic mass is 10.2. The Labute approximate surface area is 205 Å². The lowest BCUT2D eigenvalue weighted by Crippen LogP contribution is -2.14. The number of aromatic nitrogens is 2. The van der Waals surface area contributed by atoms with Gasteiger partial charge in [-0.3, -0.25) is 0 Å². The predicted molar refractivity (Wildman–Crippen MR) is 133 cm³/mol. The fourth-order valence-corrected chi connectivity index (χ4v) is 4.07. The van der Waals surface area contributed by atoms with Gasteiger partial charge >= 0.3 is 0 Å². The summed E-state index contributed by atoms with van der Waals surface area (Å²) in [5.41, 5.74) is 3.99. The van der Waals surface area contributed by atoms with Crippen LogP contribution in [0.4, 0.5) is 0 Å². The van der Waals surface area contributed by atoms with Crippen molar-refractivity contribution in [2.75, 3.05) is 6.61 Å². The van der Waals surface area contributed by atoms with Crippen molar-refractivity contribution in [3.63, 3.8) is 0 Å². The molecule has 0 atom stereocenters. The molecule has 1 heterocycles. The highest BCUT2D eigenvalue weighted by atomic mass is 79.9. The Kier molecular flexibility index (Phi) is 7.58. The minimum atomic E-state index is 0.354. The van der Waals surface area contributed by atoms with E-state index in [2.05, 4.69) is 31.2 Å². The minimum Gasteiger partial charge on any atom is -0.490 e. The van der Waals surface area contributed by atoms with Crippen molar-refractivity contribution >= 4 is 50.2 Å². The molecule has 0 bridgehead atoms. The van der Waals surface area contributed by atoms with Gasteiger partial charge in [0.15, 0.2) is 11.5 Å². The highest BCUT2D eigenvalue weighted by Gasteiger charge is 2.12. The highest BCUT2D eigenvalue weighted by molar-refractivity contribution is 9.10. The zero-order valence-corrected chi connectivity index (χ0v) is 20.5. The van der Waals surface area contributed by atoms with E-state index in [0.717, 1.165) is 32.5 Å². The van der Waals surface area contributed by atoms with Gasteiger partial charge in [0.1, 0.15) is 12.4 Å². The molecular formula is C24H22BrCl2N3O2. The number of aromatic amines is 1. The lowest BCUT2D eigenvalue weighted by Gasteiger charge is -2.15. The van der Waals surface area contributed by atoms with Crippen LogP contribution in [0.15, 0.2) is 59.1 Å². The third kappa shape index (κ3) is 5.56. The van der Waals surface area contributed by atoms with E-state index >= 15 is 0 Å². The topological polar surface area (TPSA) is 59.2 Å². The molecule has 3 aromatic carbocycles. The van der Waals surface area contributed by atoms with Gasteiger partial charge in [0.2, 0.25) is 0 Å². The molecular weight excluding hydrogens is 513 g/mol. The Hall–Kier alpha value is -2.25. The van der Waals surface area contributed by atoms with Crippen molar-refractivity contribution in [3.05, 3.63) is 86.1 Å². The molecule has 0 radical (unpaired) electrons. The molecule has 0 unspecified atom stereocenters. The average Bonchev–Trinajstić information content (AvgIpc) is 3.20. The largest absolute Gasteiger partial charge is 0.490 e. The predicted octanol–water partition coefficient (Wildman–Crippen LogP) is 6.90. The van der Waals surface area contributed by atoms with Crippen LogP contribution < -0.4 is 14.8 Å². The van der Waals surface area contributed by atoms with Gasteiger partial charge in [-0.2, -0.15) is 0 Å². The van der Waals surface area contributed by atoms with Gasteiger partial charge in [0, 0.05) is 11.0 Å². The van der Waals surface area contributed by atoms with Crippen molar-refractivity contribution in [1.82, 2.24) is 15.3 Å². The molecule has 166 valence electrons. The molecule has 2 N–H and O–H groups in total. The first kappa shape index (κ1) is 22.9. The number of hydrogen-bond donors (Lipinski definition) is 2. The maximum Gasteiger partial charge on any atom is 0.162 e. The third-order valence-corrected chi connectivity index (χ3v) is 6.31. The van der Waals surface area contributed by atoms with Gasteiger partial charge in [0.05, 0.1) is 34.2 Å². The van der Waals surface area contributed by atoms with Gasteiger partial charge in [-0.1, -0.05) is 57.3 Å². The Morgan fingerprint density at radius 1 is 0.969 bits per heavy atom. The van der Waals surface area contributed by atoms with Crippen LogP contribution in [-0.2, 0) is 19.7 Å². The molecule has 0 spiro atoms. The number of H-pyrrole nitrogens is 1. The number of rotatable bonds is 9. The Bertz CT molecular complexity index is 1200. The number of halogens is 3. The minimum absolute atomic E-state index is 0.354. The van der Waals surface area contributed by atoms with E-state index in [0.29, 0.717) is 47.8 Å². The van der Waals surface area contributed by atoms with Crippen LogP contribution in [0.25, 0.3) is 11.0 Å². The summed E-state index contributed by atoms with van der Waals surface area (Å²) in [7, 11) is 0.